The summed E-state index contributed by atoms with van der Waals surface area (Å²) in [6, 6.07) is 7.91. The van der Waals surface area contributed by atoms with E-state index < -0.39 is 0 Å². The molecule has 0 aliphatic carbocycles. The third-order valence-electron chi connectivity index (χ3n) is 3.48. The highest BCUT2D eigenvalue weighted by molar-refractivity contribution is 5.32. The highest BCUT2D eigenvalue weighted by atomic mass is 16.5. The molecule has 0 fully saturated rings. The molecule has 20 heavy (non-hydrogen) atoms. The molecule has 0 radical (unpaired) electrons. The highest BCUT2D eigenvalue weighted by Crippen LogP contribution is 2.26. The Morgan fingerprint density at radius 2 is 2.10 bits per heavy atom. The lowest BCUT2D eigenvalue weighted by molar-refractivity contribution is 0.400. The molecule has 0 aliphatic heterocycles. The Kier molecular flexibility index (Phi) is 4.39. The van der Waals surface area contributed by atoms with E-state index in [0.717, 1.165) is 29.4 Å². The van der Waals surface area contributed by atoms with Crippen LogP contribution in [0.2, 0.25) is 0 Å². The topological polar surface area (TPSA) is 66.0 Å². The summed E-state index contributed by atoms with van der Waals surface area (Å²) in [5.41, 5.74) is 7.41. The average Bonchev–Trinajstić information content (AvgIpc) is 2.78. The summed E-state index contributed by atoms with van der Waals surface area (Å²) in [6.45, 7) is 5.93. The van der Waals surface area contributed by atoms with Gasteiger partial charge in [0.25, 0.3) is 0 Å². The monoisotopic (exact) mass is 274 g/mol. The van der Waals surface area contributed by atoms with Gasteiger partial charge >= 0.3 is 0 Å². The molecule has 0 saturated carbocycles. The van der Waals surface area contributed by atoms with Gasteiger partial charge in [0.1, 0.15) is 17.4 Å². The quantitative estimate of drug-likeness (QED) is 0.908. The van der Waals surface area contributed by atoms with Crippen LogP contribution in [0.1, 0.15) is 36.6 Å². The van der Waals surface area contributed by atoms with Gasteiger partial charge in [-0.15, -0.1) is 0 Å². The van der Waals surface area contributed by atoms with E-state index in [1.54, 1.807) is 7.11 Å². The van der Waals surface area contributed by atoms with Gasteiger partial charge in [0, 0.05) is 6.04 Å². The Labute approximate surface area is 119 Å². The minimum Gasteiger partial charge on any atom is -0.497 e. The molecule has 1 aromatic heterocycles. The van der Waals surface area contributed by atoms with Crippen LogP contribution in [0.4, 0.5) is 0 Å². The number of methoxy groups -OCH3 is 1. The Balaban J connectivity index is 2.49. The predicted octanol–water partition coefficient (Wildman–Crippen LogP) is 2.23. The van der Waals surface area contributed by atoms with Crippen molar-refractivity contribution in [1.82, 2.24) is 14.8 Å². The van der Waals surface area contributed by atoms with Crippen molar-refractivity contribution in [1.29, 1.82) is 0 Å². The van der Waals surface area contributed by atoms with Crippen molar-refractivity contribution >= 4 is 0 Å². The normalized spacial score (nSPS) is 14.1. The molecule has 0 spiro atoms. The van der Waals surface area contributed by atoms with Crippen LogP contribution < -0.4 is 10.5 Å². The minimum absolute atomic E-state index is 0.0260. The van der Waals surface area contributed by atoms with E-state index in [0.29, 0.717) is 0 Å². The number of hydrogen-bond donors (Lipinski definition) is 1. The molecule has 2 N–H and O–H groups in total. The van der Waals surface area contributed by atoms with E-state index in [4.69, 9.17) is 10.5 Å². The van der Waals surface area contributed by atoms with Crippen molar-refractivity contribution in [3.05, 3.63) is 41.5 Å². The van der Waals surface area contributed by atoms with Crippen LogP contribution in [0.25, 0.3) is 0 Å². The van der Waals surface area contributed by atoms with Gasteiger partial charge in [-0.3, -0.25) is 0 Å². The molecule has 2 rings (SSSR count). The lowest BCUT2D eigenvalue weighted by atomic mass is 9.98. The van der Waals surface area contributed by atoms with Crippen molar-refractivity contribution < 1.29 is 4.74 Å². The van der Waals surface area contributed by atoms with Gasteiger partial charge in [0.2, 0.25) is 0 Å². The fourth-order valence-electron chi connectivity index (χ4n) is 2.42. The fourth-order valence-corrected chi connectivity index (χ4v) is 2.42. The van der Waals surface area contributed by atoms with Gasteiger partial charge < -0.3 is 10.5 Å². The van der Waals surface area contributed by atoms with Crippen molar-refractivity contribution in [3.63, 3.8) is 0 Å². The second kappa shape index (κ2) is 6.05. The zero-order valence-electron chi connectivity index (χ0n) is 12.5. The van der Waals surface area contributed by atoms with Crippen LogP contribution in [0, 0.1) is 13.8 Å². The second-order valence-electron chi connectivity index (χ2n) is 4.94. The first kappa shape index (κ1) is 14.5. The maximum absolute atomic E-state index is 6.32. The van der Waals surface area contributed by atoms with Crippen LogP contribution in [-0.4, -0.2) is 27.9 Å². The molecular weight excluding hydrogens is 252 g/mol. The van der Waals surface area contributed by atoms with Gasteiger partial charge in [0.15, 0.2) is 0 Å². The molecule has 5 heteroatoms. The first-order valence-electron chi connectivity index (χ1n) is 6.86. The first-order valence-corrected chi connectivity index (χ1v) is 6.86. The summed E-state index contributed by atoms with van der Waals surface area (Å²) in [7, 11) is 1.67. The van der Waals surface area contributed by atoms with E-state index in [-0.39, 0.29) is 12.1 Å². The largest absolute Gasteiger partial charge is 0.497 e. The highest BCUT2D eigenvalue weighted by Gasteiger charge is 2.24. The standard InChI is InChI=1S/C15H22N4O/c1-5-14(16)15(19-11(3)17-10(2)18-19)12-7-6-8-13(9-12)20-4/h6-9,14-15H,5,16H2,1-4H3. The van der Waals surface area contributed by atoms with Crippen LogP contribution in [-0.2, 0) is 0 Å². The lowest BCUT2D eigenvalue weighted by Crippen LogP contribution is -2.33. The van der Waals surface area contributed by atoms with Crippen LogP contribution in [0.5, 0.6) is 5.75 Å². The summed E-state index contributed by atoms with van der Waals surface area (Å²) in [4.78, 5) is 4.38. The number of aryl methyl sites for hydroxylation is 2. The molecule has 1 heterocycles. The zero-order valence-corrected chi connectivity index (χ0v) is 12.5. The number of hydrogen-bond acceptors (Lipinski definition) is 4. The average molecular weight is 274 g/mol. The number of rotatable bonds is 5. The van der Waals surface area contributed by atoms with E-state index in [2.05, 4.69) is 23.1 Å². The van der Waals surface area contributed by atoms with Crippen molar-refractivity contribution in [3.8, 4) is 5.75 Å². The number of ether oxygens (including phenoxy) is 1. The Hall–Kier alpha value is -1.88. The molecule has 108 valence electrons. The Bertz CT molecular complexity index is 579. The molecule has 2 unspecified atom stereocenters. The maximum atomic E-state index is 6.32. The van der Waals surface area contributed by atoms with E-state index in [9.17, 15) is 0 Å². The van der Waals surface area contributed by atoms with Crippen LogP contribution in [0.15, 0.2) is 24.3 Å². The summed E-state index contributed by atoms with van der Waals surface area (Å²) >= 11 is 0. The smallest absolute Gasteiger partial charge is 0.147 e. The molecule has 1 aromatic carbocycles. The number of benzene rings is 1. The molecular formula is C15H22N4O. The van der Waals surface area contributed by atoms with E-state index in [1.807, 2.05) is 36.7 Å². The van der Waals surface area contributed by atoms with Gasteiger partial charge in [-0.2, -0.15) is 5.10 Å². The number of nitrogens with two attached hydrogens (primary N) is 1. The third kappa shape index (κ3) is 2.82. The SMILES string of the molecule is CCC(N)C(c1cccc(OC)c1)n1nc(C)nc1C. The summed E-state index contributed by atoms with van der Waals surface area (Å²) in [5, 5.41) is 4.50. The number of aromatic nitrogens is 3. The Morgan fingerprint density at radius 1 is 1.35 bits per heavy atom. The molecule has 0 bridgehead atoms. The van der Waals surface area contributed by atoms with Crippen molar-refractivity contribution in [2.75, 3.05) is 7.11 Å². The van der Waals surface area contributed by atoms with Gasteiger partial charge in [-0.25, -0.2) is 9.67 Å². The lowest BCUT2D eigenvalue weighted by Gasteiger charge is -2.25. The molecule has 0 amide bonds. The third-order valence-corrected chi connectivity index (χ3v) is 3.48. The van der Waals surface area contributed by atoms with Crippen molar-refractivity contribution in [2.45, 2.75) is 39.3 Å². The molecule has 0 saturated heterocycles. The summed E-state index contributed by atoms with van der Waals surface area (Å²) in [5.74, 6) is 2.46. The second-order valence-corrected chi connectivity index (χ2v) is 4.94. The molecule has 0 aliphatic rings. The summed E-state index contributed by atoms with van der Waals surface area (Å²) < 4.78 is 7.22. The molecule has 2 atom stereocenters. The van der Waals surface area contributed by atoms with E-state index >= 15 is 0 Å². The van der Waals surface area contributed by atoms with Crippen LogP contribution >= 0.6 is 0 Å². The predicted molar refractivity (Wildman–Crippen MR) is 78.9 cm³/mol. The zero-order chi connectivity index (χ0) is 14.7. The number of nitrogens with zero attached hydrogens (tertiary/aromatic N) is 3. The molecule has 2 aromatic rings. The van der Waals surface area contributed by atoms with Gasteiger partial charge in [0.05, 0.1) is 13.2 Å². The van der Waals surface area contributed by atoms with Crippen LogP contribution in [0.3, 0.4) is 0 Å². The Morgan fingerprint density at radius 3 is 2.65 bits per heavy atom. The molecule has 5 nitrogen and oxygen atoms in total. The van der Waals surface area contributed by atoms with E-state index in [1.165, 1.54) is 0 Å². The first-order chi connectivity index (χ1) is 9.56. The van der Waals surface area contributed by atoms with Crippen molar-refractivity contribution in [2.24, 2.45) is 5.73 Å². The minimum atomic E-state index is -0.0312. The fraction of sp³-hybridized carbons (Fsp3) is 0.467. The summed E-state index contributed by atoms with van der Waals surface area (Å²) in [6.07, 6.45) is 0.861. The maximum Gasteiger partial charge on any atom is 0.147 e. The van der Waals surface area contributed by atoms with Gasteiger partial charge in [-0.1, -0.05) is 19.1 Å². The van der Waals surface area contributed by atoms with Gasteiger partial charge in [-0.05, 0) is 38.0 Å².